The standard InChI is InChI=1S/C25H29N3O4/c1-18-8-9-19(2)22(16-18)32-17-23(29)26-27-25(31)21-12-14-28(15-13-21)24(30)11-10-20-6-4-3-5-7-20/h3-11,16,21H,12-15,17H2,1-2H3,(H,26,29)(H,27,31)/b11-10+. The molecular weight excluding hydrogens is 406 g/mol. The second-order valence-electron chi connectivity index (χ2n) is 7.94. The van der Waals surface area contributed by atoms with Gasteiger partial charge in [0.2, 0.25) is 11.8 Å². The van der Waals surface area contributed by atoms with Crippen molar-refractivity contribution in [2.75, 3.05) is 19.7 Å². The van der Waals surface area contributed by atoms with Crippen LogP contribution in [0.5, 0.6) is 5.75 Å². The second kappa shape index (κ2) is 11.1. The number of carbonyl (C=O) groups excluding carboxylic acids is 3. The SMILES string of the molecule is Cc1ccc(C)c(OCC(=O)NNC(=O)C2CCN(C(=O)/C=C/c3ccccc3)CC2)c1. The summed E-state index contributed by atoms with van der Waals surface area (Å²) in [5.41, 5.74) is 7.81. The van der Waals surface area contributed by atoms with E-state index in [4.69, 9.17) is 4.74 Å². The van der Waals surface area contributed by atoms with Crippen molar-refractivity contribution in [1.29, 1.82) is 0 Å². The number of amides is 3. The van der Waals surface area contributed by atoms with E-state index in [1.54, 1.807) is 17.1 Å². The van der Waals surface area contributed by atoms with Gasteiger partial charge in [-0.05, 0) is 55.5 Å². The molecule has 0 saturated carbocycles. The summed E-state index contributed by atoms with van der Waals surface area (Å²) >= 11 is 0. The molecule has 3 amide bonds. The van der Waals surface area contributed by atoms with Gasteiger partial charge in [0.25, 0.3) is 5.91 Å². The highest BCUT2D eigenvalue weighted by atomic mass is 16.5. The highest BCUT2D eigenvalue weighted by Crippen LogP contribution is 2.19. The van der Waals surface area contributed by atoms with Gasteiger partial charge in [-0.3, -0.25) is 25.2 Å². The van der Waals surface area contributed by atoms with E-state index in [0.717, 1.165) is 16.7 Å². The third kappa shape index (κ3) is 6.70. The zero-order valence-corrected chi connectivity index (χ0v) is 18.5. The Labute approximate surface area is 188 Å². The van der Waals surface area contributed by atoms with Crippen LogP contribution >= 0.6 is 0 Å². The van der Waals surface area contributed by atoms with Crippen molar-refractivity contribution in [3.63, 3.8) is 0 Å². The number of ether oxygens (including phenoxy) is 1. The summed E-state index contributed by atoms with van der Waals surface area (Å²) < 4.78 is 5.54. The molecule has 0 aromatic heterocycles. The number of carbonyl (C=O) groups is 3. The lowest BCUT2D eigenvalue weighted by molar-refractivity contribution is -0.134. The number of likely N-dealkylation sites (tertiary alicyclic amines) is 1. The smallest absolute Gasteiger partial charge is 0.276 e. The Morgan fingerprint density at radius 2 is 1.75 bits per heavy atom. The molecule has 0 atom stereocenters. The lowest BCUT2D eigenvalue weighted by Crippen LogP contribution is -2.49. The highest BCUT2D eigenvalue weighted by molar-refractivity contribution is 5.92. The fourth-order valence-corrected chi connectivity index (χ4v) is 3.47. The number of rotatable bonds is 6. The maximum absolute atomic E-state index is 12.4. The van der Waals surface area contributed by atoms with Gasteiger partial charge in [-0.25, -0.2) is 0 Å². The van der Waals surface area contributed by atoms with Gasteiger partial charge in [-0.15, -0.1) is 0 Å². The maximum Gasteiger partial charge on any atom is 0.276 e. The molecule has 2 N–H and O–H groups in total. The number of aryl methyl sites for hydroxylation is 2. The minimum atomic E-state index is -0.432. The van der Waals surface area contributed by atoms with Crippen LogP contribution in [0.4, 0.5) is 0 Å². The lowest BCUT2D eigenvalue weighted by Gasteiger charge is -2.30. The Morgan fingerprint density at radius 1 is 1.03 bits per heavy atom. The Morgan fingerprint density at radius 3 is 2.47 bits per heavy atom. The highest BCUT2D eigenvalue weighted by Gasteiger charge is 2.26. The summed E-state index contributed by atoms with van der Waals surface area (Å²) in [5, 5.41) is 0. The van der Waals surface area contributed by atoms with E-state index in [1.165, 1.54) is 0 Å². The monoisotopic (exact) mass is 435 g/mol. The summed E-state index contributed by atoms with van der Waals surface area (Å²) in [7, 11) is 0. The predicted octanol–water partition coefficient (Wildman–Crippen LogP) is 2.78. The van der Waals surface area contributed by atoms with Crippen molar-refractivity contribution in [2.45, 2.75) is 26.7 Å². The first-order valence-electron chi connectivity index (χ1n) is 10.7. The molecule has 0 radical (unpaired) electrons. The Balaban J connectivity index is 1.37. The van der Waals surface area contributed by atoms with Gasteiger partial charge < -0.3 is 9.64 Å². The Kier molecular flexibility index (Phi) is 8.02. The summed E-state index contributed by atoms with van der Waals surface area (Å²) in [4.78, 5) is 38.5. The topological polar surface area (TPSA) is 87.7 Å². The van der Waals surface area contributed by atoms with Crippen LogP contribution in [0.2, 0.25) is 0 Å². The van der Waals surface area contributed by atoms with Gasteiger partial charge in [0.05, 0.1) is 0 Å². The second-order valence-corrected chi connectivity index (χ2v) is 7.94. The van der Waals surface area contributed by atoms with E-state index in [9.17, 15) is 14.4 Å². The zero-order valence-electron chi connectivity index (χ0n) is 18.5. The molecule has 1 saturated heterocycles. The molecule has 1 aliphatic rings. The third-order valence-electron chi connectivity index (χ3n) is 5.42. The molecule has 0 spiro atoms. The molecule has 1 aliphatic heterocycles. The molecular formula is C25H29N3O4. The average molecular weight is 436 g/mol. The molecule has 0 aliphatic carbocycles. The molecule has 2 aromatic rings. The molecule has 0 bridgehead atoms. The fraction of sp³-hybridized carbons (Fsp3) is 0.320. The molecule has 7 heteroatoms. The van der Waals surface area contributed by atoms with Crippen LogP contribution in [-0.4, -0.2) is 42.3 Å². The van der Waals surface area contributed by atoms with Crippen LogP contribution in [0.15, 0.2) is 54.6 Å². The molecule has 1 fully saturated rings. The van der Waals surface area contributed by atoms with Crippen LogP contribution in [-0.2, 0) is 14.4 Å². The van der Waals surface area contributed by atoms with Gasteiger partial charge in [0.1, 0.15) is 5.75 Å². The van der Waals surface area contributed by atoms with Crippen molar-refractivity contribution in [3.8, 4) is 5.75 Å². The molecule has 7 nitrogen and oxygen atoms in total. The van der Waals surface area contributed by atoms with Crippen LogP contribution in [0.25, 0.3) is 6.08 Å². The van der Waals surface area contributed by atoms with Crippen LogP contribution in [0, 0.1) is 19.8 Å². The number of hydrogen-bond donors (Lipinski definition) is 2. The van der Waals surface area contributed by atoms with Crippen molar-refractivity contribution in [3.05, 3.63) is 71.3 Å². The molecule has 3 rings (SSSR count). The maximum atomic E-state index is 12.4. The number of hydrogen-bond acceptors (Lipinski definition) is 4. The van der Waals surface area contributed by atoms with Gasteiger partial charge in [-0.1, -0.05) is 42.5 Å². The molecule has 0 unspecified atom stereocenters. The number of hydrazine groups is 1. The van der Waals surface area contributed by atoms with Crippen LogP contribution in [0.3, 0.4) is 0 Å². The predicted molar refractivity (Wildman–Crippen MR) is 122 cm³/mol. The van der Waals surface area contributed by atoms with Crippen LogP contribution < -0.4 is 15.6 Å². The Bertz CT molecular complexity index is 980. The number of benzene rings is 2. The summed E-state index contributed by atoms with van der Waals surface area (Å²) in [6.45, 7) is 4.67. The van der Waals surface area contributed by atoms with E-state index in [0.29, 0.717) is 31.7 Å². The van der Waals surface area contributed by atoms with Crippen molar-refractivity contribution in [2.24, 2.45) is 5.92 Å². The number of nitrogens with zero attached hydrogens (tertiary/aromatic N) is 1. The molecule has 2 aromatic carbocycles. The third-order valence-corrected chi connectivity index (χ3v) is 5.42. The van der Waals surface area contributed by atoms with E-state index < -0.39 is 5.91 Å². The first-order chi connectivity index (χ1) is 15.4. The van der Waals surface area contributed by atoms with Crippen molar-refractivity contribution in [1.82, 2.24) is 15.8 Å². The molecule has 168 valence electrons. The first kappa shape index (κ1) is 23.1. The van der Waals surface area contributed by atoms with Crippen LogP contribution in [0.1, 0.15) is 29.5 Å². The van der Waals surface area contributed by atoms with E-state index in [2.05, 4.69) is 10.9 Å². The van der Waals surface area contributed by atoms with E-state index in [1.807, 2.05) is 62.4 Å². The van der Waals surface area contributed by atoms with E-state index in [-0.39, 0.29) is 24.3 Å². The normalized spacial score (nSPS) is 14.2. The van der Waals surface area contributed by atoms with E-state index >= 15 is 0 Å². The Hall–Kier alpha value is -3.61. The first-order valence-corrected chi connectivity index (χ1v) is 10.7. The lowest BCUT2D eigenvalue weighted by atomic mass is 9.96. The number of nitrogens with one attached hydrogen (secondary N) is 2. The average Bonchev–Trinajstić information content (AvgIpc) is 2.82. The van der Waals surface area contributed by atoms with Gasteiger partial charge in [-0.2, -0.15) is 0 Å². The van der Waals surface area contributed by atoms with Gasteiger partial charge in [0.15, 0.2) is 6.61 Å². The minimum Gasteiger partial charge on any atom is -0.483 e. The van der Waals surface area contributed by atoms with Gasteiger partial charge >= 0.3 is 0 Å². The zero-order chi connectivity index (χ0) is 22.9. The van der Waals surface area contributed by atoms with Gasteiger partial charge in [0, 0.05) is 25.1 Å². The minimum absolute atomic E-state index is 0.0652. The summed E-state index contributed by atoms with van der Waals surface area (Å²) in [6.07, 6.45) is 4.44. The number of piperidine rings is 1. The quantitative estimate of drug-likeness (QED) is 0.540. The molecule has 1 heterocycles. The summed E-state index contributed by atoms with van der Waals surface area (Å²) in [5.74, 6) is -0.359. The largest absolute Gasteiger partial charge is 0.483 e. The van der Waals surface area contributed by atoms with Crippen molar-refractivity contribution >= 4 is 23.8 Å². The fourth-order valence-electron chi connectivity index (χ4n) is 3.47. The van der Waals surface area contributed by atoms with Crippen molar-refractivity contribution < 1.29 is 19.1 Å². The molecule has 32 heavy (non-hydrogen) atoms. The summed E-state index contributed by atoms with van der Waals surface area (Å²) in [6, 6.07) is 15.4.